The maximum atomic E-state index is 11.1. The van der Waals surface area contributed by atoms with Gasteiger partial charge in [0, 0.05) is 13.8 Å². The fourth-order valence-corrected chi connectivity index (χ4v) is 1.60. The highest BCUT2D eigenvalue weighted by atomic mass is 16.6. The van der Waals surface area contributed by atoms with E-state index in [-0.39, 0.29) is 23.0 Å². The number of aryl methyl sites for hydroxylation is 1. The molecule has 0 aliphatic carbocycles. The number of carbonyl (C=O) groups is 2. The van der Waals surface area contributed by atoms with Gasteiger partial charge in [-0.25, -0.2) is 0 Å². The molecule has 0 spiro atoms. The van der Waals surface area contributed by atoms with Gasteiger partial charge in [0.2, 0.25) is 11.5 Å². The molecule has 0 aliphatic rings. The summed E-state index contributed by atoms with van der Waals surface area (Å²) in [5.41, 5.74) is 0.587. The van der Waals surface area contributed by atoms with Gasteiger partial charge in [0.1, 0.15) is 0 Å². The molecule has 0 saturated heterocycles. The summed E-state index contributed by atoms with van der Waals surface area (Å²) in [4.78, 5) is 22.1. The largest absolute Gasteiger partial charge is 0.490 e. The molecule has 0 aliphatic heterocycles. The van der Waals surface area contributed by atoms with E-state index < -0.39 is 11.9 Å². The number of benzene rings is 1. The first-order valence-corrected chi connectivity index (χ1v) is 5.53. The summed E-state index contributed by atoms with van der Waals surface area (Å²) in [5, 5.41) is 0. The van der Waals surface area contributed by atoms with Crippen LogP contribution in [-0.4, -0.2) is 26.2 Å². The lowest BCUT2D eigenvalue weighted by atomic mass is 10.1. The van der Waals surface area contributed by atoms with Gasteiger partial charge in [-0.1, -0.05) is 0 Å². The number of rotatable bonds is 4. The van der Waals surface area contributed by atoms with Crippen LogP contribution < -0.4 is 18.9 Å². The fourth-order valence-electron chi connectivity index (χ4n) is 1.60. The van der Waals surface area contributed by atoms with Gasteiger partial charge in [0.15, 0.2) is 11.5 Å². The van der Waals surface area contributed by atoms with E-state index in [1.165, 1.54) is 28.1 Å². The van der Waals surface area contributed by atoms with Gasteiger partial charge in [0.05, 0.1) is 14.2 Å². The Morgan fingerprint density at radius 2 is 1.42 bits per heavy atom. The standard InChI is InChI=1S/C13H16O6/c1-7-6-10(18-8(2)14)12(16-4)13(17-5)11(7)19-9(3)15/h6H,1-5H3. The predicted octanol–water partition coefficient (Wildman–Crippen LogP) is 1.86. The molecule has 0 atom stereocenters. The van der Waals surface area contributed by atoms with Gasteiger partial charge in [-0.05, 0) is 18.6 Å². The van der Waals surface area contributed by atoms with Crippen LogP contribution in [0.15, 0.2) is 6.07 Å². The number of methoxy groups -OCH3 is 2. The third-order valence-corrected chi connectivity index (χ3v) is 2.25. The molecule has 0 N–H and O–H groups in total. The zero-order chi connectivity index (χ0) is 14.6. The molecule has 0 heterocycles. The predicted molar refractivity (Wildman–Crippen MR) is 66.9 cm³/mol. The molecule has 0 aromatic heterocycles. The molecule has 1 aromatic carbocycles. The molecule has 0 radical (unpaired) electrons. The molecule has 104 valence electrons. The maximum absolute atomic E-state index is 11.1. The first kappa shape index (κ1) is 14.8. The molecule has 0 unspecified atom stereocenters. The van der Waals surface area contributed by atoms with Crippen LogP contribution in [0.4, 0.5) is 0 Å². The molecule has 0 amide bonds. The molecular weight excluding hydrogens is 252 g/mol. The first-order chi connectivity index (χ1) is 8.90. The van der Waals surface area contributed by atoms with Crippen molar-refractivity contribution in [2.24, 2.45) is 0 Å². The zero-order valence-corrected chi connectivity index (χ0v) is 11.5. The van der Waals surface area contributed by atoms with E-state index in [2.05, 4.69) is 0 Å². The maximum Gasteiger partial charge on any atom is 0.308 e. The first-order valence-electron chi connectivity index (χ1n) is 5.53. The second-order valence-electron chi connectivity index (χ2n) is 3.77. The number of hydrogen-bond acceptors (Lipinski definition) is 6. The number of esters is 2. The van der Waals surface area contributed by atoms with Crippen molar-refractivity contribution in [1.29, 1.82) is 0 Å². The Bertz CT molecular complexity index is 506. The summed E-state index contributed by atoms with van der Waals surface area (Å²) < 4.78 is 20.5. The molecule has 6 heteroatoms. The number of carbonyl (C=O) groups excluding carboxylic acids is 2. The normalized spacial score (nSPS) is 9.74. The lowest BCUT2D eigenvalue weighted by molar-refractivity contribution is -0.133. The Kier molecular flexibility index (Phi) is 4.74. The minimum absolute atomic E-state index is 0.194. The van der Waals surface area contributed by atoms with Crippen molar-refractivity contribution in [3.05, 3.63) is 11.6 Å². The van der Waals surface area contributed by atoms with Crippen LogP contribution in [0.2, 0.25) is 0 Å². The average molecular weight is 268 g/mol. The number of hydrogen-bond donors (Lipinski definition) is 0. The molecule has 1 rings (SSSR count). The van der Waals surface area contributed by atoms with Crippen LogP contribution in [0.25, 0.3) is 0 Å². The zero-order valence-electron chi connectivity index (χ0n) is 11.5. The minimum Gasteiger partial charge on any atom is -0.490 e. The van der Waals surface area contributed by atoms with Crippen molar-refractivity contribution in [2.75, 3.05) is 14.2 Å². The van der Waals surface area contributed by atoms with E-state index in [0.717, 1.165) is 0 Å². The third kappa shape index (κ3) is 3.37. The minimum atomic E-state index is -0.486. The smallest absolute Gasteiger partial charge is 0.308 e. The van der Waals surface area contributed by atoms with E-state index in [0.29, 0.717) is 5.56 Å². The Morgan fingerprint density at radius 3 is 1.84 bits per heavy atom. The summed E-state index contributed by atoms with van der Waals surface area (Å²) in [6.45, 7) is 4.26. The lowest BCUT2D eigenvalue weighted by Crippen LogP contribution is -2.08. The van der Waals surface area contributed by atoms with Gasteiger partial charge in [-0.2, -0.15) is 0 Å². The summed E-state index contributed by atoms with van der Waals surface area (Å²) in [5.74, 6) is -0.125. The highest BCUT2D eigenvalue weighted by Gasteiger charge is 2.22. The Hall–Kier alpha value is -2.24. The van der Waals surface area contributed by atoms with Crippen LogP contribution in [0.1, 0.15) is 19.4 Å². The van der Waals surface area contributed by atoms with E-state index in [1.54, 1.807) is 13.0 Å². The van der Waals surface area contributed by atoms with Gasteiger partial charge >= 0.3 is 11.9 Å². The fraction of sp³-hybridized carbons (Fsp3) is 0.385. The summed E-state index contributed by atoms with van der Waals surface area (Å²) in [7, 11) is 2.81. The van der Waals surface area contributed by atoms with Crippen LogP contribution in [-0.2, 0) is 9.59 Å². The highest BCUT2D eigenvalue weighted by Crippen LogP contribution is 2.46. The molecule has 6 nitrogen and oxygen atoms in total. The second kappa shape index (κ2) is 6.08. The lowest BCUT2D eigenvalue weighted by Gasteiger charge is -2.17. The molecule has 0 fully saturated rings. The van der Waals surface area contributed by atoms with E-state index in [1.807, 2.05) is 0 Å². The third-order valence-electron chi connectivity index (χ3n) is 2.25. The summed E-state index contributed by atoms with van der Waals surface area (Å²) in [6, 6.07) is 1.54. The van der Waals surface area contributed by atoms with Crippen molar-refractivity contribution in [2.45, 2.75) is 20.8 Å². The summed E-state index contributed by atoms with van der Waals surface area (Å²) in [6.07, 6.45) is 0. The number of ether oxygens (including phenoxy) is 4. The van der Waals surface area contributed by atoms with Crippen molar-refractivity contribution in [1.82, 2.24) is 0 Å². The van der Waals surface area contributed by atoms with Gasteiger partial charge < -0.3 is 18.9 Å². The molecular formula is C13H16O6. The molecule has 19 heavy (non-hydrogen) atoms. The van der Waals surface area contributed by atoms with Crippen LogP contribution in [0.5, 0.6) is 23.0 Å². The van der Waals surface area contributed by atoms with Gasteiger partial charge in [-0.3, -0.25) is 9.59 Å². The van der Waals surface area contributed by atoms with Gasteiger partial charge in [0.25, 0.3) is 0 Å². The molecule has 0 bridgehead atoms. The second-order valence-corrected chi connectivity index (χ2v) is 3.77. The van der Waals surface area contributed by atoms with Crippen molar-refractivity contribution < 1.29 is 28.5 Å². The quantitative estimate of drug-likeness (QED) is 0.613. The van der Waals surface area contributed by atoms with E-state index >= 15 is 0 Å². The van der Waals surface area contributed by atoms with Crippen molar-refractivity contribution in [3.8, 4) is 23.0 Å². The summed E-state index contributed by atoms with van der Waals surface area (Å²) >= 11 is 0. The topological polar surface area (TPSA) is 71.1 Å². The van der Waals surface area contributed by atoms with Crippen LogP contribution >= 0.6 is 0 Å². The van der Waals surface area contributed by atoms with E-state index in [9.17, 15) is 9.59 Å². The van der Waals surface area contributed by atoms with Crippen LogP contribution in [0, 0.1) is 6.92 Å². The Labute approximate surface area is 111 Å². The molecule has 0 saturated carbocycles. The highest BCUT2D eigenvalue weighted by molar-refractivity contribution is 5.76. The average Bonchev–Trinajstić information content (AvgIpc) is 2.30. The van der Waals surface area contributed by atoms with Crippen LogP contribution in [0.3, 0.4) is 0 Å². The van der Waals surface area contributed by atoms with Gasteiger partial charge in [-0.15, -0.1) is 0 Å². The Morgan fingerprint density at radius 1 is 0.895 bits per heavy atom. The Balaban J connectivity index is 3.43. The van der Waals surface area contributed by atoms with E-state index in [4.69, 9.17) is 18.9 Å². The van der Waals surface area contributed by atoms with Crippen molar-refractivity contribution in [3.63, 3.8) is 0 Å². The SMILES string of the molecule is COc1c(OC(C)=O)cc(C)c(OC(C)=O)c1OC. The van der Waals surface area contributed by atoms with Crippen molar-refractivity contribution >= 4 is 11.9 Å². The monoisotopic (exact) mass is 268 g/mol. The molecule has 1 aromatic rings.